The fourth-order valence-electron chi connectivity index (χ4n) is 7.01. The van der Waals surface area contributed by atoms with Crippen LogP contribution in [0.4, 0.5) is 11.5 Å². The summed E-state index contributed by atoms with van der Waals surface area (Å²) in [6.45, 7) is 4.35. The van der Waals surface area contributed by atoms with Gasteiger partial charge in [-0.1, -0.05) is 24.3 Å². The zero-order valence-corrected chi connectivity index (χ0v) is 24.1. The van der Waals surface area contributed by atoms with Crippen LogP contribution in [-0.2, 0) is 10.3 Å². The van der Waals surface area contributed by atoms with Gasteiger partial charge in [0.1, 0.15) is 11.3 Å². The van der Waals surface area contributed by atoms with Gasteiger partial charge in [0, 0.05) is 61.1 Å². The number of imidazole rings is 1. The summed E-state index contributed by atoms with van der Waals surface area (Å²) in [5.41, 5.74) is 20.2. The van der Waals surface area contributed by atoms with Gasteiger partial charge in [0.25, 0.3) is 0 Å². The molecule has 0 bridgehead atoms. The first-order valence-corrected chi connectivity index (χ1v) is 15.0. The fourth-order valence-corrected chi connectivity index (χ4v) is 7.01. The second kappa shape index (κ2) is 9.64. The second-order valence-electron chi connectivity index (χ2n) is 12.3. The number of nitrogen functional groups attached to an aromatic ring is 1. The number of anilines is 2. The summed E-state index contributed by atoms with van der Waals surface area (Å²) in [7, 11) is 0. The highest BCUT2D eigenvalue weighted by Crippen LogP contribution is 2.40. The highest BCUT2D eigenvalue weighted by molar-refractivity contribution is 5.85. The smallest absolute Gasteiger partial charge is 0.219 e. The minimum absolute atomic E-state index is 0.165. The Labute approximate surface area is 250 Å². The molecule has 3 aliphatic rings. The molecule has 2 unspecified atom stereocenters. The molecule has 5 aromatic rings. The Morgan fingerprint density at radius 2 is 1.77 bits per heavy atom. The molecule has 0 spiro atoms. The van der Waals surface area contributed by atoms with Gasteiger partial charge in [-0.3, -0.25) is 9.36 Å². The first kappa shape index (κ1) is 25.9. The van der Waals surface area contributed by atoms with Gasteiger partial charge in [-0.2, -0.15) is 0 Å². The molecular weight excluding hydrogens is 536 g/mol. The van der Waals surface area contributed by atoms with Gasteiger partial charge < -0.3 is 21.3 Å². The molecule has 4 N–H and O–H groups in total. The Morgan fingerprint density at radius 3 is 2.51 bits per heavy atom. The molecule has 1 amide bonds. The number of hydrogen-bond acceptors (Lipinski definition) is 7. The largest absolute Gasteiger partial charge is 0.383 e. The van der Waals surface area contributed by atoms with E-state index < -0.39 is 0 Å². The molecule has 5 heterocycles. The predicted octanol–water partition coefficient (Wildman–Crippen LogP) is 4.74. The zero-order chi connectivity index (χ0) is 29.3. The van der Waals surface area contributed by atoms with Crippen LogP contribution in [0.25, 0.3) is 39.5 Å². The Balaban J connectivity index is 1.20. The van der Waals surface area contributed by atoms with E-state index >= 15 is 0 Å². The molecule has 1 aliphatic carbocycles. The van der Waals surface area contributed by atoms with Gasteiger partial charge in [0.2, 0.25) is 5.91 Å². The van der Waals surface area contributed by atoms with Crippen molar-refractivity contribution in [2.45, 2.75) is 37.8 Å². The summed E-state index contributed by atoms with van der Waals surface area (Å²) in [6, 6.07) is 25.1. The van der Waals surface area contributed by atoms with Crippen molar-refractivity contribution in [1.82, 2.24) is 24.4 Å². The molecule has 8 rings (SSSR count). The standard InChI is InChI=1S/C34H34N8O/c1-21(43)41-19-23-18-40(20-30(23)41)26-6-2-5-22(17-26)28-12-13-29-33(38-28)42(32(39-29)27-7-3-16-37-31(27)35)25-10-8-24(9-11-25)34(36)14-4-15-34/h2-3,5-13,16-17,23,30H,4,14-15,18-20,36H2,1H3,(H2,35,37). The van der Waals surface area contributed by atoms with E-state index in [-0.39, 0.29) is 11.4 Å². The molecule has 1 saturated carbocycles. The summed E-state index contributed by atoms with van der Waals surface area (Å²) in [6.07, 6.45) is 4.87. The molecule has 9 heteroatoms. The van der Waals surface area contributed by atoms with Crippen LogP contribution in [0.2, 0.25) is 0 Å². The number of amides is 1. The number of carbonyl (C=O) groups excluding carboxylic acids is 1. The maximum absolute atomic E-state index is 12.0. The van der Waals surface area contributed by atoms with Crippen LogP contribution in [-0.4, -0.2) is 56.0 Å². The van der Waals surface area contributed by atoms with E-state index in [4.69, 9.17) is 21.4 Å². The molecule has 43 heavy (non-hydrogen) atoms. The van der Waals surface area contributed by atoms with Crippen molar-refractivity contribution < 1.29 is 4.79 Å². The average molecular weight is 571 g/mol. The third kappa shape index (κ3) is 4.18. The molecule has 2 aliphatic heterocycles. The normalized spacial score (nSPS) is 20.5. The van der Waals surface area contributed by atoms with Gasteiger partial charge in [-0.05, 0) is 73.4 Å². The maximum Gasteiger partial charge on any atom is 0.219 e. The summed E-state index contributed by atoms with van der Waals surface area (Å²) in [5, 5.41) is 0. The molecular formula is C34H34N8O. The van der Waals surface area contributed by atoms with Gasteiger partial charge in [-0.25, -0.2) is 15.0 Å². The van der Waals surface area contributed by atoms with Crippen LogP contribution in [0.1, 0.15) is 31.7 Å². The van der Waals surface area contributed by atoms with Crippen molar-refractivity contribution in [2.24, 2.45) is 11.7 Å². The highest BCUT2D eigenvalue weighted by atomic mass is 16.2. The Kier molecular flexibility index (Phi) is 5.81. The topological polar surface area (TPSA) is 119 Å². The third-order valence-electron chi connectivity index (χ3n) is 9.68. The number of benzene rings is 2. The molecule has 0 radical (unpaired) electrons. The van der Waals surface area contributed by atoms with Crippen molar-refractivity contribution in [3.63, 3.8) is 0 Å². The van der Waals surface area contributed by atoms with E-state index in [1.807, 2.05) is 29.2 Å². The van der Waals surface area contributed by atoms with Crippen molar-refractivity contribution in [3.8, 4) is 28.3 Å². The van der Waals surface area contributed by atoms with Gasteiger partial charge in [-0.15, -0.1) is 0 Å². The van der Waals surface area contributed by atoms with Crippen LogP contribution in [0.5, 0.6) is 0 Å². The van der Waals surface area contributed by atoms with Crippen LogP contribution >= 0.6 is 0 Å². The Bertz CT molecular complexity index is 1880. The lowest BCUT2D eigenvalue weighted by Crippen LogP contribution is -2.57. The number of hydrogen-bond donors (Lipinski definition) is 2. The van der Waals surface area contributed by atoms with Crippen molar-refractivity contribution in [2.75, 3.05) is 30.3 Å². The Morgan fingerprint density at radius 1 is 0.930 bits per heavy atom. The number of likely N-dealkylation sites (tertiary alicyclic amines) is 1. The van der Waals surface area contributed by atoms with E-state index in [1.165, 1.54) is 6.42 Å². The molecule has 9 nitrogen and oxygen atoms in total. The van der Waals surface area contributed by atoms with Gasteiger partial charge in [0.15, 0.2) is 11.5 Å². The number of pyridine rings is 2. The molecule has 216 valence electrons. The van der Waals surface area contributed by atoms with Crippen molar-refractivity contribution in [1.29, 1.82) is 0 Å². The lowest BCUT2D eigenvalue weighted by atomic mass is 9.73. The van der Waals surface area contributed by atoms with Crippen LogP contribution in [0.3, 0.4) is 0 Å². The quantitative estimate of drug-likeness (QED) is 0.313. The minimum atomic E-state index is -0.234. The van der Waals surface area contributed by atoms with E-state index in [0.717, 1.165) is 77.4 Å². The monoisotopic (exact) mass is 570 g/mol. The first-order chi connectivity index (χ1) is 20.9. The molecule has 2 saturated heterocycles. The fraction of sp³-hybridized carbons (Fsp3) is 0.294. The number of carbonyl (C=O) groups is 1. The number of aromatic nitrogens is 4. The summed E-state index contributed by atoms with van der Waals surface area (Å²) in [5.74, 6) is 1.82. The lowest BCUT2D eigenvalue weighted by molar-refractivity contribution is -0.138. The minimum Gasteiger partial charge on any atom is -0.383 e. The SMILES string of the molecule is CC(=O)N1CC2CN(c3cccc(-c4ccc5nc(-c6cccnc6N)n(-c6ccc(C7(N)CCC7)cc6)c5n4)c3)CC21. The van der Waals surface area contributed by atoms with Crippen LogP contribution in [0, 0.1) is 5.92 Å². The summed E-state index contributed by atoms with van der Waals surface area (Å²) >= 11 is 0. The highest BCUT2D eigenvalue weighted by Gasteiger charge is 2.46. The molecule has 3 fully saturated rings. The number of rotatable bonds is 5. The predicted molar refractivity (Wildman–Crippen MR) is 169 cm³/mol. The third-order valence-corrected chi connectivity index (χ3v) is 9.68. The zero-order valence-electron chi connectivity index (χ0n) is 24.1. The van der Waals surface area contributed by atoms with E-state index in [2.05, 4.69) is 63.0 Å². The van der Waals surface area contributed by atoms with Crippen LogP contribution < -0.4 is 16.4 Å². The van der Waals surface area contributed by atoms with Crippen molar-refractivity contribution >= 4 is 28.6 Å². The second-order valence-corrected chi connectivity index (χ2v) is 12.3. The number of nitrogens with zero attached hydrogens (tertiary/aromatic N) is 6. The molecule has 2 aromatic carbocycles. The van der Waals surface area contributed by atoms with E-state index in [1.54, 1.807) is 13.1 Å². The first-order valence-electron chi connectivity index (χ1n) is 15.0. The summed E-state index contributed by atoms with van der Waals surface area (Å²) in [4.78, 5) is 30.8. The average Bonchev–Trinajstić information content (AvgIpc) is 3.53. The van der Waals surface area contributed by atoms with Gasteiger partial charge in [0.05, 0.1) is 17.3 Å². The number of fused-ring (bicyclic) bond motifs is 2. The van der Waals surface area contributed by atoms with E-state index in [0.29, 0.717) is 23.6 Å². The van der Waals surface area contributed by atoms with Crippen molar-refractivity contribution in [3.05, 3.63) is 84.6 Å². The lowest BCUT2D eigenvalue weighted by Gasteiger charge is -2.42. The van der Waals surface area contributed by atoms with Gasteiger partial charge >= 0.3 is 0 Å². The van der Waals surface area contributed by atoms with Crippen LogP contribution in [0.15, 0.2) is 79.0 Å². The van der Waals surface area contributed by atoms with E-state index in [9.17, 15) is 4.79 Å². The Hall–Kier alpha value is -4.76. The maximum atomic E-state index is 12.0. The summed E-state index contributed by atoms with van der Waals surface area (Å²) < 4.78 is 2.07. The molecule has 3 aromatic heterocycles. The number of nitrogens with two attached hydrogens (primary N) is 2. The molecule has 2 atom stereocenters.